The molecule has 2 nitrogen and oxygen atoms in total. The summed E-state index contributed by atoms with van der Waals surface area (Å²) < 4.78 is 0. The molecule has 0 unspecified atom stereocenters. The molecule has 0 spiro atoms. The van der Waals surface area contributed by atoms with Gasteiger partial charge >= 0.3 is 0 Å². The number of nitrogens with zero attached hydrogens (tertiary/aromatic N) is 2. The van der Waals surface area contributed by atoms with E-state index in [2.05, 4.69) is 10.2 Å². The van der Waals surface area contributed by atoms with Crippen molar-refractivity contribution in [3.05, 3.63) is 22.8 Å². The first-order chi connectivity index (χ1) is 4.88. The van der Waals surface area contributed by atoms with Crippen molar-refractivity contribution in [2.75, 3.05) is 0 Å². The van der Waals surface area contributed by atoms with Crippen LogP contribution in [0.2, 0.25) is 0 Å². The molecule has 1 aliphatic heterocycles. The number of allylic oxidation sites excluding steroid dienone is 4. The van der Waals surface area contributed by atoms with Crippen LogP contribution in [0.25, 0.3) is 0 Å². The number of halogens is 1. The maximum atomic E-state index is 5.84. The molecular formula is C7H5ClN2. The van der Waals surface area contributed by atoms with Crippen LogP contribution in [0, 0.1) is 0 Å². The molecule has 0 saturated heterocycles. The summed E-state index contributed by atoms with van der Waals surface area (Å²) >= 11 is 5.84. The predicted octanol–water partition coefficient (Wildman–Crippen LogP) is 1.88. The van der Waals surface area contributed by atoms with Gasteiger partial charge in [-0.3, -0.25) is 0 Å². The van der Waals surface area contributed by atoms with Gasteiger partial charge in [0.15, 0.2) is 0 Å². The van der Waals surface area contributed by atoms with Gasteiger partial charge in [0.2, 0.25) is 0 Å². The minimum absolute atomic E-state index is 0.742. The number of rotatable bonds is 0. The van der Waals surface area contributed by atoms with Crippen LogP contribution in [-0.2, 0) is 0 Å². The molecule has 0 N–H and O–H groups in total. The van der Waals surface area contributed by atoms with E-state index in [1.807, 2.05) is 12.2 Å². The van der Waals surface area contributed by atoms with Crippen molar-refractivity contribution >= 4 is 23.5 Å². The van der Waals surface area contributed by atoms with Crippen molar-refractivity contribution in [1.82, 2.24) is 0 Å². The first-order valence-electron chi connectivity index (χ1n) is 3.04. The molecule has 1 heterocycles. The maximum Gasteiger partial charge on any atom is 0.0771 e. The lowest BCUT2D eigenvalue weighted by molar-refractivity contribution is 1.25. The minimum atomic E-state index is 0.742. The molecule has 50 valence electrons. The summed E-state index contributed by atoms with van der Waals surface area (Å²) in [5.41, 5.74) is 1.96. The second-order valence-electron chi connectivity index (χ2n) is 2.16. The van der Waals surface area contributed by atoms with Gasteiger partial charge in [-0.25, -0.2) is 0 Å². The topological polar surface area (TPSA) is 24.7 Å². The summed E-state index contributed by atoms with van der Waals surface area (Å²) in [6.45, 7) is 0. The highest BCUT2D eigenvalue weighted by Gasteiger charge is 2.14. The van der Waals surface area contributed by atoms with Crippen LogP contribution in [0.1, 0.15) is 6.42 Å². The average Bonchev–Trinajstić information content (AvgIpc) is 2.36. The van der Waals surface area contributed by atoms with E-state index >= 15 is 0 Å². The zero-order valence-electron chi connectivity index (χ0n) is 5.21. The van der Waals surface area contributed by atoms with E-state index in [1.54, 1.807) is 6.21 Å². The standard InChI is InChI=1S/C7H5ClN2/c8-6-2-1-3-7-5(6)4-9-10-7/h1-2,4H,3H2. The van der Waals surface area contributed by atoms with Crippen molar-refractivity contribution in [2.24, 2.45) is 10.2 Å². The fourth-order valence-electron chi connectivity index (χ4n) is 0.999. The normalized spacial score (nSPS) is 21.5. The van der Waals surface area contributed by atoms with E-state index in [4.69, 9.17) is 11.6 Å². The van der Waals surface area contributed by atoms with E-state index < -0.39 is 0 Å². The molecule has 3 heteroatoms. The van der Waals surface area contributed by atoms with Crippen molar-refractivity contribution in [3.63, 3.8) is 0 Å². The maximum absolute atomic E-state index is 5.84. The molecule has 0 atom stereocenters. The van der Waals surface area contributed by atoms with E-state index in [0.717, 1.165) is 22.7 Å². The summed E-state index contributed by atoms with van der Waals surface area (Å²) in [4.78, 5) is 0. The van der Waals surface area contributed by atoms with Gasteiger partial charge in [0, 0.05) is 12.0 Å². The molecule has 1 aliphatic carbocycles. The molecule has 0 saturated carbocycles. The lowest BCUT2D eigenvalue weighted by atomic mass is 10.0. The first-order valence-corrected chi connectivity index (χ1v) is 3.42. The van der Waals surface area contributed by atoms with Crippen molar-refractivity contribution in [3.8, 4) is 0 Å². The van der Waals surface area contributed by atoms with Crippen LogP contribution in [0.15, 0.2) is 33.0 Å². The van der Waals surface area contributed by atoms with Crippen LogP contribution < -0.4 is 0 Å². The molecule has 0 aromatic carbocycles. The van der Waals surface area contributed by atoms with E-state index in [1.165, 1.54) is 0 Å². The molecule has 2 rings (SSSR count). The van der Waals surface area contributed by atoms with Gasteiger partial charge in [0.25, 0.3) is 0 Å². The molecule has 0 aromatic rings. The van der Waals surface area contributed by atoms with Crippen molar-refractivity contribution in [2.45, 2.75) is 6.42 Å². The number of hydrogen-bond donors (Lipinski definition) is 0. The van der Waals surface area contributed by atoms with Gasteiger partial charge in [-0.2, -0.15) is 10.2 Å². The highest BCUT2D eigenvalue weighted by molar-refractivity contribution is 6.38. The quantitative estimate of drug-likeness (QED) is 0.507. The Bertz CT molecular complexity index is 284. The summed E-state index contributed by atoms with van der Waals surface area (Å²) in [7, 11) is 0. The van der Waals surface area contributed by atoms with Crippen LogP contribution in [0.4, 0.5) is 0 Å². The van der Waals surface area contributed by atoms with E-state index in [-0.39, 0.29) is 0 Å². The molecule has 0 amide bonds. The van der Waals surface area contributed by atoms with E-state index in [0.29, 0.717) is 0 Å². The fraction of sp³-hybridized carbons (Fsp3) is 0.143. The van der Waals surface area contributed by atoms with Crippen LogP contribution in [0.5, 0.6) is 0 Å². The zero-order chi connectivity index (χ0) is 6.97. The molecule has 2 aliphatic rings. The minimum Gasteiger partial charge on any atom is -0.158 e. The molecular weight excluding hydrogens is 148 g/mol. The fourth-order valence-corrected chi connectivity index (χ4v) is 1.25. The van der Waals surface area contributed by atoms with Gasteiger partial charge in [0.1, 0.15) is 0 Å². The van der Waals surface area contributed by atoms with Gasteiger partial charge < -0.3 is 0 Å². The second-order valence-corrected chi connectivity index (χ2v) is 2.57. The molecule has 0 bridgehead atoms. The zero-order valence-corrected chi connectivity index (χ0v) is 5.97. The van der Waals surface area contributed by atoms with Gasteiger partial charge in [-0.1, -0.05) is 17.7 Å². The first kappa shape index (κ1) is 5.86. The third kappa shape index (κ3) is 0.727. The Morgan fingerprint density at radius 2 is 2.40 bits per heavy atom. The monoisotopic (exact) mass is 152 g/mol. The number of fused-ring (bicyclic) bond motifs is 1. The van der Waals surface area contributed by atoms with Crippen LogP contribution in [0.3, 0.4) is 0 Å². The molecule has 0 aromatic heterocycles. The Labute approximate surface area is 63.6 Å². The Morgan fingerprint density at radius 1 is 1.50 bits per heavy atom. The SMILES string of the molecule is ClC1=C2C=NN=C2CC=C1. The smallest absolute Gasteiger partial charge is 0.0771 e. The Hall–Kier alpha value is -0.890. The predicted molar refractivity (Wildman–Crippen MR) is 42.6 cm³/mol. The third-order valence-corrected chi connectivity index (χ3v) is 1.84. The molecule has 0 fully saturated rings. The van der Waals surface area contributed by atoms with Crippen molar-refractivity contribution in [1.29, 1.82) is 0 Å². The lowest BCUT2D eigenvalue weighted by Gasteiger charge is -2.03. The molecule has 10 heavy (non-hydrogen) atoms. The Balaban J connectivity index is 2.53. The van der Waals surface area contributed by atoms with Gasteiger partial charge in [-0.15, -0.1) is 0 Å². The third-order valence-electron chi connectivity index (χ3n) is 1.51. The Kier molecular flexibility index (Phi) is 1.21. The van der Waals surface area contributed by atoms with Crippen LogP contribution in [-0.4, -0.2) is 11.9 Å². The average molecular weight is 153 g/mol. The number of hydrogen-bond acceptors (Lipinski definition) is 2. The lowest BCUT2D eigenvalue weighted by Crippen LogP contribution is -2.03. The highest BCUT2D eigenvalue weighted by atomic mass is 35.5. The van der Waals surface area contributed by atoms with Gasteiger partial charge in [0.05, 0.1) is 17.0 Å². The van der Waals surface area contributed by atoms with Gasteiger partial charge in [-0.05, 0) is 6.08 Å². The summed E-state index contributed by atoms with van der Waals surface area (Å²) in [5.74, 6) is 0. The van der Waals surface area contributed by atoms with Crippen molar-refractivity contribution < 1.29 is 0 Å². The summed E-state index contributed by atoms with van der Waals surface area (Å²) in [6, 6.07) is 0. The van der Waals surface area contributed by atoms with Crippen LogP contribution >= 0.6 is 11.6 Å². The summed E-state index contributed by atoms with van der Waals surface area (Å²) in [5, 5.41) is 8.40. The largest absolute Gasteiger partial charge is 0.158 e. The summed E-state index contributed by atoms with van der Waals surface area (Å²) in [6.07, 6.45) is 6.42. The Morgan fingerprint density at radius 3 is 3.20 bits per heavy atom. The molecule has 0 radical (unpaired) electrons. The second kappa shape index (κ2) is 2.06. The van der Waals surface area contributed by atoms with E-state index in [9.17, 15) is 0 Å². The highest BCUT2D eigenvalue weighted by Crippen LogP contribution is 2.21.